The van der Waals surface area contributed by atoms with Crippen molar-refractivity contribution in [1.29, 1.82) is 0 Å². The first-order valence-electron chi connectivity index (χ1n) is 9.97. The number of H-pyrrole nitrogens is 1. The highest BCUT2D eigenvalue weighted by molar-refractivity contribution is 5.89. The maximum absolute atomic E-state index is 12.5. The summed E-state index contributed by atoms with van der Waals surface area (Å²) in [5.74, 6) is 0.452. The summed E-state index contributed by atoms with van der Waals surface area (Å²) in [6, 6.07) is 8.91. The summed E-state index contributed by atoms with van der Waals surface area (Å²) in [4.78, 5) is 18.8. The van der Waals surface area contributed by atoms with Gasteiger partial charge in [-0.15, -0.1) is 0 Å². The van der Waals surface area contributed by atoms with Gasteiger partial charge in [-0.05, 0) is 36.3 Å². The van der Waals surface area contributed by atoms with Crippen molar-refractivity contribution in [3.63, 3.8) is 0 Å². The molecule has 3 heterocycles. The molecule has 1 fully saturated rings. The number of benzene rings is 1. The van der Waals surface area contributed by atoms with Gasteiger partial charge >= 0.3 is 5.97 Å². The maximum Gasteiger partial charge on any atom is 0.335 e. The molecule has 0 amide bonds. The number of nitrogens with one attached hydrogen (secondary N) is 2. The smallest absolute Gasteiger partial charge is 0.335 e. The Labute approximate surface area is 160 Å². The van der Waals surface area contributed by atoms with Crippen LogP contribution in [0.3, 0.4) is 0 Å². The molecule has 0 saturated carbocycles. The van der Waals surface area contributed by atoms with Gasteiger partial charge in [0.1, 0.15) is 0 Å². The summed E-state index contributed by atoms with van der Waals surface area (Å²) in [6.07, 6.45) is 4.93. The molecule has 4 rings (SSSR count). The summed E-state index contributed by atoms with van der Waals surface area (Å²) in [5, 5.41) is 4.40. The predicted molar refractivity (Wildman–Crippen MR) is 107 cm³/mol. The number of carbonyl (C=O) groups excluding carboxylic acids is 1. The fourth-order valence-corrected chi connectivity index (χ4v) is 5.10. The fraction of sp³-hybridized carbons (Fsp3) is 0.500. The Hall–Kier alpha value is -2.27. The Morgan fingerprint density at radius 3 is 2.96 bits per heavy atom. The van der Waals surface area contributed by atoms with E-state index < -0.39 is 0 Å². The van der Waals surface area contributed by atoms with Crippen molar-refractivity contribution in [2.24, 2.45) is 11.8 Å². The first-order chi connectivity index (χ1) is 13.2. The number of methoxy groups -OCH3 is 1. The number of fused-ring (bicyclic) bond motifs is 5. The number of ether oxygens (including phenoxy) is 1. The quantitative estimate of drug-likeness (QED) is 0.642. The summed E-state index contributed by atoms with van der Waals surface area (Å²) in [6.45, 7) is 4.34. The number of rotatable bonds is 4. The molecule has 0 radical (unpaired) electrons. The largest absolute Gasteiger partial charge is 0.466 e. The Balaban J connectivity index is 1.73. The van der Waals surface area contributed by atoms with Crippen LogP contribution in [0.15, 0.2) is 36.0 Å². The highest BCUT2D eigenvalue weighted by atomic mass is 16.5. The zero-order chi connectivity index (χ0) is 19.0. The standard InChI is InChI=1S/C22H29N3O2/c1-4-14-13-25-10-9-16-15-7-5-6-8-19(15)24-21(16)20(25)11-17(14)18(12-23-2)22(26)27-3/h5-8,12,14,17,20,23-24H,4,9-11,13H2,1-3H3/t14-,17-,20+/m0/s1. The molecule has 0 unspecified atom stereocenters. The van der Waals surface area contributed by atoms with E-state index in [9.17, 15) is 4.79 Å². The molecule has 2 aliphatic heterocycles. The number of hydrogen-bond acceptors (Lipinski definition) is 4. The SMILES string of the molecule is CC[C@H]1CN2CCc3c([nH]c4ccccc34)[C@H]2C[C@@H]1C(=CNC)C(=O)OC. The fourth-order valence-electron chi connectivity index (χ4n) is 5.10. The molecule has 0 aliphatic carbocycles. The third kappa shape index (κ3) is 3.04. The number of carbonyl (C=O) groups is 1. The number of aromatic amines is 1. The molecule has 5 heteroatoms. The highest BCUT2D eigenvalue weighted by Gasteiger charge is 2.42. The summed E-state index contributed by atoms with van der Waals surface area (Å²) in [5.41, 5.74) is 4.79. The number of aromatic nitrogens is 1. The summed E-state index contributed by atoms with van der Waals surface area (Å²) >= 11 is 0. The van der Waals surface area contributed by atoms with Crippen molar-refractivity contribution in [3.05, 3.63) is 47.3 Å². The molecule has 2 N–H and O–H groups in total. The van der Waals surface area contributed by atoms with Crippen LogP contribution in [-0.2, 0) is 16.0 Å². The van der Waals surface area contributed by atoms with Crippen LogP contribution < -0.4 is 5.32 Å². The van der Waals surface area contributed by atoms with Crippen molar-refractivity contribution in [3.8, 4) is 0 Å². The van der Waals surface area contributed by atoms with E-state index in [4.69, 9.17) is 4.74 Å². The third-order valence-electron chi connectivity index (χ3n) is 6.43. The molecule has 0 bridgehead atoms. The second-order valence-electron chi connectivity index (χ2n) is 7.71. The minimum absolute atomic E-state index is 0.202. The minimum Gasteiger partial charge on any atom is -0.466 e. The topological polar surface area (TPSA) is 57.4 Å². The van der Waals surface area contributed by atoms with Crippen molar-refractivity contribution < 1.29 is 9.53 Å². The average molecular weight is 367 g/mol. The van der Waals surface area contributed by atoms with Gasteiger partial charge < -0.3 is 15.0 Å². The maximum atomic E-state index is 12.5. The van der Waals surface area contributed by atoms with E-state index in [2.05, 4.69) is 46.4 Å². The van der Waals surface area contributed by atoms with Crippen LogP contribution in [-0.4, -0.2) is 43.1 Å². The van der Waals surface area contributed by atoms with Gasteiger partial charge in [0.05, 0.1) is 18.7 Å². The van der Waals surface area contributed by atoms with E-state index in [0.717, 1.165) is 37.9 Å². The van der Waals surface area contributed by atoms with E-state index in [-0.39, 0.29) is 11.9 Å². The lowest BCUT2D eigenvalue weighted by molar-refractivity contribution is -0.137. The van der Waals surface area contributed by atoms with Crippen LogP contribution in [0, 0.1) is 11.8 Å². The first kappa shape index (κ1) is 18.1. The van der Waals surface area contributed by atoms with Crippen molar-refractivity contribution in [2.45, 2.75) is 32.2 Å². The van der Waals surface area contributed by atoms with Gasteiger partial charge in [-0.2, -0.15) is 0 Å². The van der Waals surface area contributed by atoms with Crippen LogP contribution in [0.5, 0.6) is 0 Å². The molecule has 1 saturated heterocycles. The van der Waals surface area contributed by atoms with Gasteiger partial charge in [0.2, 0.25) is 0 Å². The highest BCUT2D eigenvalue weighted by Crippen LogP contribution is 2.45. The second-order valence-corrected chi connectivity index (χ2v) is 7.71. The zero-order valence-electron chi connectivity index (χ0n) is 16.4. The van der Waals surface area contributed by atoms with Crippen LogP contribution in [0.4, 0.5) is 0 Å². The molecular weight excluding hydrogens is 338 g/mol. The van der Waals surface area contributed by atoms with Gasteiger partial charge in [0, 0.05) is 42.9 Å². The summed E-state index contributed by atoms with van der Waals surface area (Å²) in [7, 11) is 3.31. The molecule has 1 aromatic carbocycles. The lowest BCUT2D eigenvalue weighted by Gasteiger charge is -2.46. The molecule has 144 valence electrons. The molecular formula is C22H29N3O2. The third-order valence-corrected chi connectivity index (χ3v) is 6.43. The Bertz CT molecular complexity index is 870. The minimum atomic E-state index is -0.214. The van der Waals surface area contributed by atoms with Gasteiger partial charge in [0.15, 0.2) is 0 Å². The predicted octanol–water partition coefficient (Wildman–Crippen LogP) is 3.39. The van der Waals surface area contributed by atoms with E-state index >= 15 is 0 Å². The second kappa shape index (κ2) is 7.39. The van der Waals surface area contributed by atoms with E-state index in [1.165, 1.54) is 29.3 Å². The van der Waals surface area contributed by atoms with Gasteiger partial charge in [-0.1, -0.05) is 31.5 Å². The zero-order valence-corrected chi connectivity index (χ0v) is 16.4. The molecule has 1 aromatic heterocycles. The van der Waals surface area contributed by atoms with Crippen LogP contribution in [0.1, 0.15) is 37.1 Å². The molecule has 0 spiro atoms. The molecule has 3 atom stereocenters. The average Bonchev–Trinajstić information content (AvgIpc) is 3.09. The Morgan fingerprint density at radius 1 is 1.41 bits per heavy atom. The lowest BCUT2D eigenvalue weighted by atomic mass is 9.74. The number of piperidine rings is 1. The van der Waals surface area contributed by atoms with E-state index in [1.807, 2.05) is 13.2 Å². The van der Waals surface area contributed by atoms with Crippen molar-refractivity contribution in [2.75, 3.05) is 27.2 Å². The van der Waals surface area contributed by atoms with Gasteiger partial charge in [-0.25, -0.2) is 4.79 Å². The van der Waals surface area contributed by atoms with E-state index in [0.29, 0.717) is 12.0 Å². The monoisotopic (exact) mass is 367 g/mol. The number of nitrogens with zero attached hydrogens (tertiary/aromatic N) is 1. The molecule has 2 aliphatic rings. The van der Waals surface area contributed by atoms with E-state index in [1.54, 1.807) is 0 Å². The van der Waals surface area contributed by atoms with Crippen LogP contribution >= 0.6 is 0 Å². The Kier molecular flexibility index (Phi) is 4.96. The number of esters is 1. The molecule has 5 nitrogen and oxygen atoms in total. The first-order valence-corrected chi connectivity index (χ1v) is 9.97. The number of hydrogen-bond donors (Lipinski definition) is 2. The van der Waals surface area contributed by atoms with Crippen LogP contribution in [0.2, 0.25) is 0 Å². The normalized spacial score (nSPS) is 25.7. The lowest BCUT2D eigenvalue weighted by Crippen LogP contribution is -2.47. The van der Waals surface area contributed by atoms with Crippen molar-refractivity contribution in [1.82, 2.24) is 15.2 Å². The van der Waals surface area contributed by atoms with Gasteiger partial charge in [-0.3, -0.25) is 4.90 Å². The molecule has 27 heavy (non-hydrogen) atoms. The number of para-hydroxylation sites is 1. The van der Waals surface area contributed by atoms with Gasteiger partial charge in [0.25, 0.3) is 0 Å². The van der Waals surface area contributed by atoms with Crippen LogP contribution in [0.25, 0.3) is 10.9 Å². The molecule has 2 aromatic rings. The van der Waals surface area contributed by atoms with Crippen molar-refractivity contribution >= 4 is 16.9 Å². The Morgan fingerprint density at radius 2 is 2.22 bits per heavy atom. The summed E-state index contributed by atoms with van der Waals surface area (Å²) < 4.78 is 5.10.